The van der Waals surface area contributed by atoms with Crippen LogP contribution in [0.1, 0.15) is 65.1 Å². The molecule has 41 heavy (non-hydrogen) atoms. The standard InChI is InChI=1S/C33H39N3O5/c1-8-22-14-12-13-17-26(22)28(29(38)34-25-19-18-23-15-10-11-16-24(23)20-25)36(33(6,7)9-2)30(39)27(21-37)35-31(40)41-32(3,4)5/h1,10-20,27-28,37H,9,21H2,2-7H3,(H,34,38)(H,35,40). The summed E-state index contributed by atoms with van der Waals surface area (Å²) in [7, 11) is 0. The molecule has 3 aromatic carbocycles. The molecule has 3 N–H and O–H groups in total. The molecule has 8 nitrogen and oxygen atoms in total. The summed E-state index contributed by atoms with van der Waals surface area (Å²) >= 11 is 0. The topological polar surface area (TPSA) is 108 Å². The Kier molecular flexibility index (Phi) is 9.79. The fourth-order valence-electron chi connectivity index (χ4n) is 4.49. The van der Waals surface area contributed by atoms with Crippen molar-refractivity contribution >= 4 is 34.4 Å². The Bertz CT molecular complexity index is 1450. The molecule has 0 fully saturated rings. The van der Waals surface area contributed by atoms with E-state index in [9.17, 15) is 19.5 Å². The Morgan fingerprint density at radius 2 is 1.61 bits per heavy atom. The van der Waals surface area contributed by atoms with Gasteiger partial charge in [-0.2, -0.15) is 0 Å². The van der Waals surface area contributed by atoms with Gasteiger partial charge in [-0.1, -0.05) is 61.4 Å². The third kappa shape index (κ3) is 7.65. The predicted molar refractivity (Wildman–Crippen MR) is 161 cm³/mol. The second-order valence-corrected chi connectivity index (χ2v) is 11.4. The quantitative estimate of drug-likeness (QED) is 0.305. The first kappa shape index (κ1) is 31.2. The lowest BCUT2D eigenvalue weighted by Gasteiger charge is -2.44. The molecule has 3 amide bonds. The van der Waals surface area contributed by atoms with Crippen LogP contribution in [0.5, 0.6) is 0 Å². The van der Waals surface area contributed by atoms with E-state index in [1.807, 2.05) is 57.2 Å². The molecule has 0 radical (unpaired) electrons. The van der Waals surface area contributed by atoms with Crippen molar-refractivity contribution in [3.8, 4) is 12.3 Å². The number of terminal acetylenes is 1. The number of nitrogens with zero attached hydrogens (tertiary/aromatic N) is 1. The van der Waals surface area contributed by atoms with Crippen molar-refractivity contribution in [2.45, 2.75) is 71.2 Å². The number of carbonyl (C=O) groups is 3. The third-order valence-electron chi connectivity index (χ3n) is 6.86. The van der Waals surface area contributed by atoms with Gasteiger partial charge in [-0.05, 0) is 75.6 Å². The fourth-order valence-corrected chi connectivity index (χ4v) is 4.49. The van der Waals surface area contributed by atoms with E-state index in [0.717, 1.165) is 10.8 Å². The second-order valence-electron chi connectivity index (χ2n) is 11.4. The highest BCUT2D eigenvalue weighted by Gasteiger charge is 2.43. The molecule has 3 rings (SSSR count). The van der Waals surface area contributed by atoms with Gasteiger partial charge in [-0.15, -0.1) is 6.42 Å². The summed E-state index contributed by atoms with van der Waals surface area (Å²) in [6.07, 6.45) is 5.43. The van der Waals surface area contributed by atoms with E-state index in [4.69, 9.17) is 11.2 Å². The number of alkyl carbamates (subject to hydrolysis) is 1. The zero-order valence-corrected chi connectivity index (χ0v) is 24.5. The van der Waals surface area contributed by atoms with Crippen molar-refractivity contribution < 1.29 is 24.2 Å². The van der Waals surface area contributed by atoms with Crippen LogP contribution in [0.2, 0.25) is 0 Å². The van der Waals surface area contributed by atoms with Crippen molar-refractivity contribution in [1.82, 2.24) is 10.2 Å². The number of fused-ring (bicyclic) bond motifs is 1. The van der Waals surface area contributed by atoms with Gasteiger partial charge in [0.25, 0.3) is 5.91 Å². The first-order valence-electron chi connectivity index (χ1n) is 13.6. The first-order valence-corrected chi connectivity index (χ1v) is 13.6. The van der Waals surface area contributed by atoms with Crippen LogP contribution in [-0.2, 0) is 14.3 Å². The largest absolute Gasteiger partial charge is 0.444 e. The molecule has 0 heterocycles. The molecule has 0 aromatic heterocycles. The minimum absolute atomic E-state index is 0.441. The summed E-state index contributed by atoms with van der Waals surface area (Å²) in [5.74, 6) is 1.48. The number of anilines is 1. The van der Waals surface area contributed by atoms with Gasteiger partial charge in [-0.3, -0.25) is 9.59 Å². The van der Waals surface area contributed by atoms with Crippen LogP contribution in [0.15, 0.2) is 66.7 Å². The van der Waals surface area contributed by atoms with Crippen molar-refractivity contribution in [3.05, 3.63) is 77.9 Å². The number of ether oxygens (including phenoxy) is 1. The van der Waals surface area contributed by atoms with Gasteiger partial charge in [0.1, 0.15) is 17.7 Å². The zero-order chi connectivity index (χ0) is 30.4. The third-order valence-corrected chi connectivity index (χ3v) is 6.86. The fraction of sp³-hybridized carbons (Fsp3) is 0.364. The predicted octanol–water partition coefficient (Wildman–Crippen LogP) is 5.40. The number of hydrogen-bond acceptors (Lipinski definition) is 5. The number of hydrogen-bond donors (Lipinski definition) is 3. The number of aliphatic hydroxyl groups is 1. The Morgan fingerprint density at radius 3 is 2.22 bits per heavy atom. The van der Waals surface area contributed by atoms with Crippen LogP contribution in [0.3, 0.4) is 0 Å². The number of nitrogens with one attached hydrogen (secondary N) is 2. The molecular weight excluding hydrogens is 518 g/mol. The molecule has 0 bridgehead atoms. The molecule has 2 unspecified atom stereocenters. The van der Waals surface area contributed by atoms with E-state index in [1.54, 1.807) is 51.1 Å². The zero-order valence-electron chi connectivity index (χ0n) is 24.5. The Hall–Kier alpha value is -4.35. The van der Waals surface area contributed by atoms with E-state index in [-0.39, 0.29) is 0 Å². The average Bonchev–Trinajstić information content (AvgIpc) is 2.93. The molecule has 0 aliphatic heterocycles. The Balaban J connectivity index is 2.11. The van der Waals surface area contributed by atoms with Crippen molar-refractivity contribution in [2.24, 2.45) is 0 Å². The maximum absolute atomic E-state index is 14.2. The molecule has 2 atom stereocenters. The highest BCUT2D eigenvalue weighted by molar-refractivity contribution is 6.01. The lowest BCUT2D eigenvalue weighted by molar-refractivity contribution is -0.148. The van der Waals surface area contributed by atoms with Gasteiger partial charge in [-0.25, -0.2) is 4.79 Å². The lowest BCUT2D eigenvalue weighted by atomic mass is 9.90. The highest BCUT2D eigenvalue weighted by Crippen LogP contribution is 2.34. The van der Waals surface area contributed by atoms with Gasteiger partial charge in [0.15, 0.2) is 0 Å². The Labute approximate surface area is 242 Å². The molecule has 0 aliphatic rings. The molecule has 8 heteroatoms. The molecule has 0 aliphatic carbocycles. The van der Waals surface area contributed by atoms with E-state index < -0.39 is 47.7 Å². The average molecular weight is 558 g/mol. The lowest BCUT2D eigenvalue weighted by Crippen LogP contribution is -2.59. The van der Waals surface area contributed by atoms with Gasteiger partial charge >= 0.3 is 6.09 Å². The minimum Gasteiger partial charge on any atom is -0.444 e. The molecule has 0 saturated heterocycles. The maximum atomic E-state index is 14.2. The van der Waals surface area contributed by atoms with Crippen molar-refractivity contribution in [1.29, 1.82) is 0 Å². The van der Waals surface area contributed by atoms with Gasteiger partial charge in [0.05, 0.1) is 6.61 Å². The molecular formula is C33H39N3O5. The normalized spacial score (nSPS) is 13.0. The molecule has 3 aromatic rings. The van der Waals surface area contributed by atoms with Gasteiger partial charge in [0.2, 0.25) is 5.91 Å². The minimum atomic E-state index is -1.37. The smallest absolute Gasteiger partial charge is 0.408 e. The SMILES string of the molecule is C#Cc1ccccc1C(C(=O)Nc1ccc2ccccc2c1)N(C(=O)C(CO)NC(=O)OC(C)(C)C)C(C)(C)CC. The van der Waals surface area contributed by atoms with Crippen LogP contribution in [0.4, 0.5) is 10.5 Å². The van der Waals surface area contributed by atoms with Gasteiger partial charge in [0, 0.05) is 16.8 Å². The van der Waals surface area contributed by atoms with Crippen molar-refractivity contribution in [2.75, 3.05) is 11.9 Å². The van der Waals surface area contributed by atoms with Crippen LogP contribution in [0, 0.1) is 12.3 Å². The monoisotopic (exact) mass is 557 g/mol. The number of carbonyl (C=O) groups excluding carboxylic acids is 3. The Morgan fingerprint density at radius 1 is 0.976 bits per heavy atom. The summed E-state index contributed by atoms with van der Waals surface area (Å²) in [5, 5.41) is 17.6. The second kappa shape index (κ2) is 12.9. The van der Waals surface area contributed by atoms with Crippen LogP contribution in [-0.4, -0.2) is 51.7 Å². The van der Waals surface area contributed by atoms with Crippen LogP contribution < -0.4 is 10.6 Å². The summed E-state index contributed by atoms with van der Waals surface area (Å²) in [6, 6.07) is 17.7. The van der Waals surface area contributed by atoms with Crippen LogP contribution >= 0.6 is 0 Å². The van der Waals surface area contributed by atoms with E-state index >= 15 is 0 Å². The number of benzene rings is 3. The summed E-state index contributed by atoms with van der Waals surface area (Å²) in [4.78, 5) is 42.4. The molecule has 0 spiro atoms. The van der Waals surface area contributed by atoms with Crippen molar-refractivity contribution in [3.63, 3.8) is 0 Å². The van der Waals surface area contributed by atoms with E-state index in [2.05, 4.69) is 16.6 Å². The molecule has 0 saturated carbocycles. The number of amides is 3. The first-order chi connectivity index (χ1) is 19.3. The van der Waals surface area contributed by atoms with E-state index in [1.165, 1.54) is 4.90 Å². The number of aliphatic hydroxyl groups excluding tert-OH is 1. The van der Waals surface area contributed by atoms with Gasteiger partial charge < -0.3 is 25.4 Å². The number of rotatable bonds is 9. The highest BCUT2D eigenvalue weighted by atomic mass is 16.6. The van der Waals surface area contributed by atoms with E-state index in [0.29, 0.717) is 23.2 Å². The summed E-state index contributed by atoms with van der Waals surface area (Å²) < 4.78 is 5.32. The summed E-state index contributed by atoms with van der Waals surface area (Å²) in [6.45, 7) is 9.91. The molecule has 216 valence electrons. The maximum Gasteiger partial charge on any atom is 0.408 e. The van der Waals surface area contributed by atoms with Crippen LogP contribution in [0.25, 0.3) is 10.8 Å². The summed E-state index contributed by atoms with van der Waals surface area (Å²) in [5.41, 5.74) is -0.283.